The molecule has 0 amide bonds. The summed E-state index contributed by atoms with van der Waals surface area (Å²) in [5, 5.41) is 0. The van der Waals surface area contributed by atoms with Crippen molar-refractivity contribution in [3.05, 3.63) is 0 Å². The van der Waals surface area contributed by atoms with E-state index in [1.165, 1.54) is 25.7 Å². The van der Waals surface area contributed by atoms with Crippen LogP contribution >= 0.6 is 0 Å². The molecule has 0 aliphatic rings. The first-order valence-electron chi connectivity index (χ1n) is 5.60. The summed E-state index contributed by atoms with van der Waals surface area (Å²) in [6.07, 6.45) is 5.53. The Morgan fingerprint density at radius 3 is 1.62 bits per heavy atom. The highest BCUT2D eigenvalue weighted by Crippen LogP contribution is 2.09. The first-order chi connectivity index (χ1) is 5.81. The van der Waals surface area contributed by atoms with Crippen LogP contribution in [0.3, 0.4) is 0 Å². The van der Waals surface area contributed by atoms with E-state index in [4.69, 9.17) is 0 Å². The molecule has 0 aliphatic carbocycles. The van der Waals surface area contributed by atoms with Gasteiger partial charge in [-0.2, -0.15) is 0 Å². The summed E-state index contributed by atoms with van der Waals surface area (Å²) in [6, 6.07) is 0. The zero-order chi connectivity index (χ0) is 10.9. The predicted octanol–water partition coefficient (Wildman–Crippen LogP) is 3.55. The van der Waals surface area contributed by atoms with E-state index in [1.54, 1.807) is 0 Å². The summed E-state index contributed by atoms with van der Waals surface area (Å²) in [5.74, 6) is 0.954. The van der Waals surface area contributed by atoms with Crippen LogP contribution in [0.1, 0.15) is 46.5 Å². The van der Waals surface area contributed by atoms with Crippen LogP contribution in [0.2, 0.25) is 0 Å². The molecule has 0 N–H and O–H groups in total. The third-order valence-corrected chi connectivity index (χ3v) is 1.75. The van der Waals surface area contributed by atoms with Crippen LogP contribution in [0.4, 0.5) is 0 Å². The maximum atomic E-state index is 2.33. The Hall–Kier alpha value is -0.0400. The first kappa shape index (κ1) is 15.4. The molecule has 0 aromatic heterocycles. The quantitative estimate of drug-likeness (QED) is 0.592. The number of rotatable bonds is 4. The largest absolute Gasteiger partial charge is 0.333 e. The minimum Gasteiger partial charge on any atom is -0.333 e. The first-order valence-corrected chi connectivity index (χ1v) is 5.60. The Balaban J connectivity index is 0. The van der Waals surface area contributed by atoms with E-state index in [0.29, 0.717) is 0 Å². The molecule has 0 fully saturated rings. The third-order valence-electron chi connectivity index (χ3n) is 1.75. The summed E-state index contributed by atoms with van der Waals surface area (Å²) >= 11 is 0. The van der Waals surface area contributed by atoms with E-state index in [1.807, 2.05) is 0 Å². The fourth-order valence-corrected chi connectivity index (χ4v) is 0.757. The van der Waals surface area contributed by atoms with Crippen molar-refractivity contribution in [3.63, 3.8) is 0 Å². The molecular formula is C12H30N+. The number of hydrogen-bond acceptors (Lipinski definition) is 0. The molecule has 0 rings (SSSR count). The van der Waals surface area contributed by atoms with Crippen LogP contribution in [-0.2, 0) is 0 Å². The van der Waals surface area contributed by atoms with Gasteiger partial charge in [-0.1, -0.05) is 46.5 Å². The average Bonchev–Trinajstić information content (AvgIpc) is 1.97. The Kier molecular flexibility index (Phi) is 10.2. The van der Waals surface area contributed by atoms with Gasteiger partial charge in [-0.3, -0.25) is 0 Å². The highest BCUT2D eigenvalue weighted by molar-refractivity contribution is 4.47. The Morgan fingerprint density at radius 1 is 1.00 bits per heavy atom. The maximum absolute atomic E-state index is 2.33. The molecule has 0 aromatic carbocycles. The number of hydrogen-bond donors (Lipinski definition) is 0. The molecule has 1 unspecified atom stereocenters. The molecule has 0 saturated heterocycles. The maximum Gasteiger partial charge on any atom is 0.0675 e. The molecule has 1 nitrogen and oxygen atoms in total. The molecule has 13 heavy (non-hydrogen) atoms. The van der Waals surface area contributed by atoms with Gasteiger partial charge in [-0.15, -0.1) is 0 Å². The highest BCUT2D eigenvalue weighted by Gasteiger charge is 1.94. The van der Waals surface area contributed by atoms with Gasteiger partial charge in [0.15, 0.2) is 0 Å². The van der Waals surface area contributed by atoms with Crippen molar-refractivity contribution in [3.8, 4) is 0 Å². The van der Waals surface area contributed by atoms with E-state index in [0.717, 1.165) is 10.4 Å². The molecule has 0 aliphatic heterocycles. The lowest BCUT2D eigenvalue weighted by Crippen LogP contribution is -2.27. The Morgan fingerprint density at radius 2 is 1.38 bits per heavy atom. The Bertz CT molecular complexity index is 85.8. The molecular weight excluding hydrogens is 158 g/mol. The van der Waals surface area contributed by atoms with Gasteiger partial charge in [0.25, 0.3) is 0 Å². The van der Waals surface area contributed by atoms with Crippen molar-refractivity contribution in [1.82, 2.24) is 0 Å². The summed E-state index contributed by atoms with van der Waals surface area (Å²) in [4.78, 5) is 0. The molecule has 0 saturated carbocycles. The summed E-state index contributed by atoms with van der Waals surface area (Å²) < 4.78 is 1.00. The summed E-state index contributed by atoms with van der Waals surface area (Å²) in [7, 11) is 8.50. The minimum absolute atomic E-state index is 0.954. The van der Waals surface area contributed by atoms with Crippen LogP contribution in [0.25, 0.3) is 0 Å². The minimum atomic E-state index is 0.954. The average molecular weight is 188 g/mol. The van der Waals surface area contributed by atoms with Crippen LogP contribution < -0.4 is 0 Å². The van der Waals surface area contributed by atoms with E-state index in [2.05, 4.69) is 49.0 Å². The summed E-state index contributed by atoms with van der Waals surface area (Å²) in [5.41, 5.74) is 0. The molecule has 0 heterocycles. The second-order valence-corrected chi connectivity index (χ2v) is 5.34. The van der Waals surface area contributed by atoms with Gasteiger partial charge in [0.2, 0.25) is 0 Å². The van der Waals surface area contributed by atoms with Crippen molar-refractivity contribution in [2.75, 3.05) is 28.2 Å². The van der Waals surface area contributed by atoms with Crippen LogP contribution in [0.5, 0.6) is 0 Å². The predicted molar refractivity (Wildman–Crippen MR) is 62.9 cm³/mol. The van der Waals surface area contributed by atoms with Crippen molar-refractivity contribution in [1.29, 1.82) is 0 Å². The highest BCUT2D eigenvalue weighted by atomic mass is 15.2. The lowest BCUT2D eigenvalue weighted by atomic mass is 10.0. The molecule has 0 aromatic rings. The normalized spacial score (nSPS) is 13.2. The molecule has 1 heteroatoms. The van der Waals surface area contributed by atoms with Crippen molar-refractivity contribution in [2.24, 2.45) is 5.92 Å². The molecule has 0 spiro atoms. The molecule has 82 valence electrons. The zero-order valence-corrected chi connectivity index (χ0v) is 10.9. The standard InChI is InChI=1S/C8H18.C4H12N/c1-4-6-7-8(3)5-2;1-5(2,3)4/h8H,4-7H2,1-3H3;1-4H3/q;+1. The SMILES string of the molecule is CCCCC(C)CC.C[N+](C)(C)C. The molecule has 0 bridgehead atoms. The van der Waals surface area contributed by atoms with E-state index < -0.39 is 0 Å². The van der Waals surface area contributed by atoms with Crippen LogP contribution in [-0.4, -0.2) is 32.7 Å². The lowest BCUT2D eigenvalue weighted by Gasteiger charge is -2.14. The van der Waals surface area contributed by atoms with E-state index in [9.17, 15) is 0 Å². The van der Waals surface area contributed by atoms with E-state index >= 15 is 0 Å². The van der Waals surface area contributed by atoms with Gasteiger partial charge in [-0.05, 0) is 5.92 Å². The fourth-order valence-electron chi connectivity index (χ4n) is 0.757. The zero-order valence-electron chi connectivity index (χ0n) is 10.9. The number of nitrogens with zero attached hydrogens (tertiary/aromatic N) is 1. The van der Waals surface area contributed by atoms with Gasteiger partial charge in [0.05, 0.1) is 28.2 Å². The van der Waals surface area contributed by atoms with Gasteiger partial charge >= 0.3 is 0 Å². The molecule has 1 atom stereocenters. The van der Waals surface area contributed by atoms with Crippen LogP contribution in [0, 0.1) is 5.92 Å². The lowest BCUT2D eigenvalue weighted by molar-refractivity contribution is -0.849. The van der Waals surface area contributed by atoms with Gasteiger partial charge in [0, 0.05) is 0 Å². The smallest absolute Gasteiger partial charge is 0.0675 e. The van der Waals surface area contributed by atoms with E-state index in [-0.39, 0.29) is 0 Å². The van der Waals surface area contributed by atoms with Crippen LogP contribution in [0.15, 0.2) is 0 Å². The van der Waals surface area contributed by atoms with Gasteiger partial charge < -0.3 is 4.48 Å². The number of quaternary nitrogens is 1. The number of unbranched alkanes of at least 4 members (excludes halogenated alkanes) is 1. The second-order valence-electron chi connectivity index (χ2n) is 5.34. The van der Waals surface area contributed by atoms with Gasteiger partial charge in [-0.25, -0.2) is 0 Å². The molecule has 0 radical (unpaired) electrons. The van der Waals surface area contributed by atoms with Crippen molar-refractivity contribution in [2.45, 2.75) is 46.5 Å². The third kappa shape index (κ3) is 33.4. The van der Waals surface area contributed by atoms with Crippen molar-refractivity contribution < 1.29 is 4.48 Å². The monoisotopic (exact) mass is 188 g/mol. The second kappa shape index (κ2) is 8.55. The fraction of sp³-hybridized carbons (Fsp3) is 1.00. The summed E-state index contributed by atoms with van der Waals surface area (Å²) in [6.45, 7) is 6.85. The topological polar surface area (TPSA) is 0 Å². The Labute approximate surface area is 85.7 Å². The van der Waals surface area contributed by atoms with Gasteiger partial charge in [0.1, 0.15) is 0 Å². The van der Waals surface area contributed by atoms with Crippen molar-refractivity contribution >= 4 is 0 Å².